The van der Waals surface area contributed by atoms with Crippen LogP contribution >= 0.6 is 15.9 Å². The van der Waals surface area contributed by atoms with Crippen molar-refractivity contribution >= 4 is 27.7 Å². The van der Waals surface area contributed by atoms with Crippen molar-refractivity contribution in [3.63, 3.8) is 0 Å². The number of hydrogen-bond acceptors (Lipinski definition) is 3. The number of carboxylic acids is 1. The van der Waals surface area contributed by atoms with Crippen LogP contribution in [0.15, 0.2) is 18.2 Å². The summed E-state index contributed by atoms with van der Waals surface area (Å²) in [5.41, 5.74) is 2.27. The molecule has 1 atom stereocenters. The van der Waals surface area contributed by atoms with E-state index in [4.69, 9.17) is 9.84 Å². The summed E-state index contributed by atoms with van der Waals surface area (Å²) < 4.78 is 5.33. The van der Waals surface area contributed by atoms with Crippen LogP contribution in [0.4, 0.5) is 0 Å². The van der Waals surface area contributed by atoms with Crippen molar-refractivity contribution in [1.82, 2.24) is 0 Å². The number of ketones is 1. The van der Waals surface area contributed by atoms with E-state index in [2.05, 4.69) is 15.9 Å². The van der Waals surface area contributed by atoms with Gasteiger partial charge in [-0.15, -0.1) is 0 Å². The average Bonchev–Trinajstić information content (AvgIpc) is 2.44. The first-order chi connectivity index (χ1) is 9.60. The van der Waals surface area contributed by atoms with Crippen molar-refractivity contribution in [3.05, 3.63) is 29.3 Å². The predicted molar refractivity (Wildman–Crippen MR) is 78.5 cm³/mol. The van der Waals surface area contributed by atoms with Crippen LogP contribution in [-0.2, 0) is 22.4 Å². The first kappa shape index (κ1) is 15.0. The minimum atomic E-state index is -0.973. The zero-order chi connectivity index (χ0) is 14.5. The van der Waals surface area contributed by atoms with Crippen molar-refractivity contribution in [2.24, 2.45) is 5.92 Å². The molecule has 4 nitrogen and oxygen atoms in total. The monoisotopic (exact) mass is 340 g/mol. The third-order valence-electron chi connectivity index (χ3n) is 3.56. The van der Waals surface area contributed by atoms with Gasteiger partial charge < -0.3 is 9.84 Å². The highest BCUT2D eigenvalue weighted by atomic mass is 79.9. The number of aliphatic carboxylic acids is 1. The maximum absolute atomic E-state index is 11.5. The molecular weight excluding hydrogens is 324 g/mol. The van der Waals surface area contributed by atoms with E-state index in [1.807, 2.05) is 18.2 Å². The van der Waals surface area contributed by atoms with E-state index < -0.39 is 5.97 Å². The number of alkyl halides is 1. The SMILES string of the molecule is O=C(O)COc1cccc2c1CCC(CC(=O)CBr)C2. The van der Waals surface area contributed by atoms with Gasteiger partial charge in [0.15, 0.2) is 6.61 Å². The molecule has 2 rings (SSSR count). The van der Waals surface area contributed by atoms with Gasteiger partial charge in [0, 0.05) is 6.42 Å². The van der Waals surface area contributed by atoms with E-state index in [-0.39, 0.29) is 12.4 Å². The van der Waals surface area contributed by atoms with Gasteiger partial charge in [-0.25, -0.2) is 4.79 Å². The molecule has 1 aliphatic carbocycles. The van der Waals surface area contributed by atoms with Gasteiger partial charge >= 0.3 is 5.97 Å². The van der Waals surface area contributed by atoms with Crippen molar-refractivity contribution in [3.8, 4) is 5.75 Å². The first-order valence-corrected chi connectivity index (χ1v) is 7.75. The molecule has 0 saturated carbocycles. The predicted octanol–water partition coefficient (Wildman–Crippen LogP) is 2.61. The van der Waals surface area contributed by atoms with Gasteiger partial charge in [0.25, 0.3) is 0 Å². The molecular formula is C15H17BrO4. The molecule has 1 N–H and O–H groups in total. The zero-order valence-corrected chi connectivity index (χ0v) is 12.7. The Bertz CT molecular complexity index is 513. The van der Waals surface area contributed by atoms with Crippen molar-refractivity contribution < 1.29 is 19.4 Å². The van der Waals surface area contributed by atoms with Crippen LogP contribution < -0.4 is 4.74 Å². The molecule has 0 radical (unpaired) electrons. The Labute approximate surface area is 126 Å². The Balaban J connectivity index is 2.07. The normalized spacial score (nSPS) is 17.4. The van der Waals surface area contributed by atoms with Crippen molar-refractivity contribution in [2.45, 2.75) is 25.7 Å². The summed E-state index contributed by atoms with van der Waals surface area (Å²) in [6.45, 7) is -0.318. The van der Waals surface area contributed by atoms with Gasteiger partial charge in [-0.05, 0) is 42.4 Å². The number of Topliss-reactive ketones (excluding diaryl/α,β-unsaturated/α-hetero) is 1. The third kappa shape index (κ3) is 3.82. The number of rotatable bonds is 6. The van der Waals surface area contributed by atoms with E-state index >= 15 is 0 Å². The summed E-state index contributed by atoms with van der Waals surface area (Å²) in [5, 5.41) is 9.10. The summed E-state index contributed by atoms with van der Waals surface area (Å²) >= 11 is 3.19. The summed E-state index contributed by atoms with van der Waals surface area (Å²) in [6, 6.07) is 5.73. The van der Waals surface area contributed by atoms with Gasteiger partial charge in [0.05, 0.1) is 5.33 Å². The molecule has 1 aromatic rings. The lowest BCUT2D eigenvalue weighted by Crippen LogP contribution is -2.19. The maximum Gasteiger partial charge on any atom is 0.341 e. The molecule has 1 aliphatic rings. The Morgan fingerprint density at radius 1 is 1.40 bits per heavy atom. The van der Waals surface area contributed by atoms with Crippen LogP contribution in [0.2, 0.25) is 0 Å². The Hall–Kier alpha value is -1.36. The van der Waals surface area contributed by atoms with Crippen LogP contribution in [0.3, 0.4) is 0 Å². The second-order valence-corrected chi connectivity index (χ2v) is 5.62. The number of carbonyl (C=O) groups excluding carboxylic acids is 1. The van der Waals surface area contributed by atoms with Gasteiger partial charge in [0.2, 0.25) is 0 Å². The summed E-state index contributed by atoms with van der Waals surface area (Å²) in [4.78, 5) is 22.1. The van der Waals surface area contributed by atoms with Gasteiger partial charge in [-0.3, -0.25) is 4.79 Å². The second-order valence-electron chi connectivity index (χ2n) is 5.06. The highest BCUT2D eigenvalue weighted by Crippen LogP contribution is 2.33. The fourth-order valence-corrected chi connectivity index (χ4v) is 2.90. The molecule has 0 spiro atoms. The maximum atomic E-state index is 11.5. The number of ether oxygens (including phenoxy) is 1. The minimum absolute atomic E-state index is 0.233. The minimum Gasteiger partial charge on any atom is -0.482 e. The average molecular weight is 341 g/mol. The van der Waals surface area contributed by atoms with Crippen LogP contribution in [0.1, 0.15) is 24.0 Å². The molecule has 1 aromatic carbocycles. The molecule has 0 heterocycles. The first-order valence-electron chi connectivity index (χ1n) is 6.63. The van der Waals surface area contributed by atoms with E-state index in [0.717, 1.165) is 24.8 Å². The molecule has 1 unspecified atom stereocenters. The molecule has 0 aromatic heterocycles. The summed E-state index contributed by atoms with van der Waals surface area (Å²) in [5.74, 6) is 0.299. The topological polar surface area (TPSA) is 63.6 Å². The zero-order valence-electron chi connectivity index (χ0n) is 11.1. The second kappa shape index (κ2) is 6.88. The molecule has 108 valence electrons. The fourth-order valence-electron chi connectivity index (χ4n) is 2.67. The Morgan fingerprint density at radius 2 is 2.20 bits per heavy atom. The number of halogens is 1. The van der Waals surface area contributed by atoms with Crippen molar-refractivity contribution in [2.75, 3.05) is 11.9 Å². The lowest BCUT2D eigenvalue weighted by atomic mass is 9.81. The molecule has 0 saturated heterocycles. The molecule has 5 heteroatoms. The number of fused-ring (bicyclic) bond motifs is 1. The number of benzene rings is 1. The number of hydrogen-bond donors (Lipinski definition) is 1. The lowest BCUT2D eigenvalue weighted by Gasteiger charge is -2.25. The quantitative estimate of drug-likeness (QED) is 0.808. The van der Waals surface area contributed by atoms with Crippen LogP contribution in [0, 0.1) is 5.92 Å². The van der Waals surface area contributed by atoms with Crippen LogP contribution in [0.5, 0.6) is 5.75 Å². The van der Waals surface area contributed by atoms with Crippen molar-refractivity contribution in [1.29, 1.82) is 0 Å². The number of carbonyl (C=O) groups is 2. The van der Waals surface area contributed by atoms with E-state index in [1.54, 1.807) is 0 Å². The van der Waals surface area contributed by atoms with Gasteiger partial charge in [-0.1, -0.05) is 28.1 Å². The molecule has 0 fully saturated rings. The van der Waals surface area contributed by atoms with Crippen LogP contribution in [0.25, 0.3) is 0 Å². The summed E-state index contributed by atoms with van der Waals surface area (Å²) in [6.07, 6.45) is 3.24. The molecule has 0 bridgehead atoms. The van der Waals surface area contributed by atoms with Crippen LogP contribution in [-0.4, -0.2) is 28.8 Å². The highest BCUT2D eigenvalue weighted by molar-refractivity contribution is 9.09. The Morgan fingerprint density at radius 3 is 2.90 bits per heavy atom. The van der Waals surface area contributed by atoms with E-state index in [1.165, 1.54) is 5.56 Å². The standard InChI is InChI=1S/C15H17BrO4/c16-8-12(17)7-10-4-5-13-11(6-10)2-1-3-14(13)20-9-15(18)19/h1-3,10H,4-9H2,(H,18,19). The molecule has 0 aliphatic heterocycles. The number of carboxylic acid groups (broad SMARTS) is 1. The summed E-state index contributed by atoms with van der Waals surface area (Å²) in [7, 11) is 0. The lowest BCUT2D eigenvalue weighted by molar-refractivity contribution is -0.139. The van der Waals surface area contributed by atoms with Gasteiger partial charge in [0.1, 0.15) is 11.5 Å². The molecule has 0 amide bonds. The largest absolute Gasteiger partial charge is 0.482 e. The third-order valence-corrected chi connectivity index (χ3v) is 4.18. The van der Waals surface area contributed by atoms with E-state index in [0.29, 0.717) is 23.4 Å². The highest BCUT2D eigenvalue weighted by Gasteiger charge is 2.23. The Kier molecular flexibility index (Phi) is 5.17. The molecule has 20 heavy (non-hydrogen) atoms. The van der Waals surface area contributed by atoms with Gasteiger partial charge in [-0.2, -0.15) is 0 Å². The fraction of sp³-hybridized carbons (Fsp3) is 0.467. The van der Waals surface area contributed by atoms with E-state index in [9.17, 15) is 9.59 Å². The smallest absolute Gasteiger partial charge is 0.341 e.